The van der Waals surface area contributed by atoms with Crippen LogP contribution < -0.4 is 0 Å². The predicted molar refractivity (Wildman–Crippen MR) is 53.8 cm³/mol. The van der Waals surface area contributed by atoms with E-state index in [1.54, 1.807) is 12.1 Å². The minimum atomic E-state index is -0.314. The standard InChI is InChI=1S/C11H14FNO/c1-8(14)9-4-5-10(7-13(2)3)11(12)6-9/h4-6H,7H2,1-3H3. The number of rotatable bonds is 3. The van der Waals surface area contributed by atoms with Crippen molar-refractivity contribution in [1.29, 1.82) is 0 Å². The summed E-state index contributed by atoms with van der Waals surface area (Å²) in [4.78, 5) is 12.8. The van der Waals surface area contributed by atoms with E-state index in [1.165, 1.54) is 13.0 Å². The first-order valence-corrected chi connectivity index (χ1v) is 4.45. The van der Waals surface area contributed by atoms with Crippen LogP contribution in [0.5, 0.6) is 0 Å². The molecule has 0 saturated heterocycles. The van der Waals surface area contributed by atoms with Gasteiger partial charge in [-0.25, -0.2) is 4.39 Å². The second kappa shape index (κ2) is 4.33. The van der Waals surface area contributed by atoms with E-state index < -0.39 is 0 Å². The zero-order valence-electron chi connectivity index (χ0n) is 8.67. The molecule has 0 amide bonds. The molecular formula is C11H14FNO. The van der Waals surface area contributed by atoms with Gasteiger partial charge in [-0.05, 0) is 27.1 Å². The number of benzene rings is 1. The van der Waals surface area contributed by atoms with Gasteiger partial charge in [0, 0.05) is 17.7 Å². The van der Waals surface area contributed by atoms with Crippen LogP contribution in [0.2, 0.25) is 0 Å². The van der Waals surface area contributed by atoms with Gasteiger partial charge in [0.1, 0.15) is 5.82 Å². The first-order chi connectivity index (χ1) is 6.50. The van der Waals surface area contributed by atoms with E-state index in [0.29, 0.717) is 17.7 Å². The predicted octanol–water partition coefficient (Wildman–Crippen LogP) is 2.09. The molecule has 14 heavy (non-hydrogen) atoms. The lowest BCUT2D eigenvalue weighted by Crippen LogP contribution is -2.12. The number of Topliss-reactive ketones (excluding diaryl/α,β-unsaturated/α-hetero) is 1. The zero-order valence-corrected chi connectivity index (χ0v) is 8.67. The van der Waals surface area contributed by atoms with Crippen LogP contribution in [-0.4, -0.2) is 24.8 Å². The van der Waals surface area contributed by atoms with Crippen LogP contribution >= 0.6 is 0 Å². The third kappa shape index (κ3) is 2.64. The van der Waals surface area contributed by atoms with E-state index in [2.05, 4.69) is 0 Å². The Labute approximate surface area is 83.3 Å². The number of carbonyl (C=O) groups is 1. The summed E-state index contributed by atoms with van der Waals surface area (Å²) < 4.78 is 13.4. The van der Waals surface area contributed by atoms with Crippen LogP contribution in [0.1, 0.15) is 22.8 Å². The number of ketones is 1. The molecule has 3 heteroatoms. The first-order valence-electron chi connectivity index (χ1n) is 4.45. The zero-order chi connectivity index (χ0) is 10.7. The van der Waals surface area contributed by atoms with E-state index in [1.807, 2.05) is 19.0 Å². The average Bonchev–Trinajstić information content (AvgIpc) is 2.07. The van der Waals surface area contributed by atoms with Crippen molar-refractivity contribution in [3.63, 3.8) is 0 Å². The first kappa shape index (κ1) is 10.9. The Kier molecular flexibility index (Phi) is 3.36. The normalized spacial score (nSPS) is 10.6. The molecule has 1 aromatic rings. The summed E-state index contributed by atoms with van der Waals surface area (Å²) in [6, 6.07) is 4.61. The Morgan fingerprint density at radius 3 is 2.50 bits per heavy atom. The Bertz CT molecular complexity index is 347. The molecule has 1 aromatic carbocycles. The van der Waals surface area contributed by atoms with Gasteiger partial charge in [0.25, 0.3) is 0 Å². The highest BCUT2D eigenvalue weighted by atomic mass is 19.1. The maximum absolute atomic E-state index is 13.4. The van der Waals surface area contributed by atoms with Crippen LogP contribution in [0.3, 0.4) is 0 Å². The second-order valence-electron chi connectivity index (χ2n) is 3.60. The molecule has 1 rings (SSSR count). The average molecular weight is 195 g/mol. The number of carbonyl (C=O) groups excluding carboxylic acids is 1. The van der Waals surface area contributed by atoms with Gasteiger partial charge < -0.3 is 4.90 Å². The van der Waals surface area contributed by atoms with Gasteiger partial charge in [-0.15, -0.1) is 0 Å². The smallest absolute Gasteiger partial charge is 0.159 e. The molecule has 0 spiro atoms. The van der Waals surface area contributed by atoms with Crippen molar-refractivity contribution in [2.24, 2.45) is 0 Å². The largest absolute Gasteiger partial charge is 0.305 e. The van der Waals surface area contributed by atoms with Crippen molar-refractivity contribution in [2.75, 3.05) is 14.1 Å². The van der Waals surface area contributed by atoms with Crippen molar-refractivity contribution in [3.05, 3.63) is 35.1 Å². The van der Waals surface area contributed by atoms with Crippen LogP contribution in [-0.2, 0) is 6.54 Å². The summed E-state index contributed by atoms with van der Waals surface area (Å²) in [5, 5.41) is 0. The van der Waals surface area contributed by atoms with Crippen LogP contribution in [0, 0.1) is 5.82 Å². The number of hydrogen-bond acceptors (Lipinski definition) is 2. The van der Waals surface area contributed by atoms with E-state index >= 15 is 0 Å². The van der Waals surface area contributed by atoms with E-state index in [0.717, 1.165) is 0 Å². The van der Waals surface area contributed by atoms with Crippen molar-refractivity contribution < 1.29 is 9.18 Å². The Morgan fingerprint density at radius 2 is 2.07 bits per heavy atom. The fourth-order valence-corrected chi connectivity index (χ4v) is 1.24. The van der Waals surface area contributed by atoms with Gasteiger partial charge in [0.05, 0.1) is 0 Å². The van der Waals surface area contributed by atoms with Gasteiger partial charge in [-0.1, -0.05) is 12.1 Å². The molecule has 0 aliphatic carbocycles. The number of hydrogen-bond donors (Lipinski definition) is 0. The molecule has 0 fully saturated rings. The highest BCUT2D eigenvalue weighted by Crippen LogP contribution is 2.12. The molecule has 0 aliphatic heterocycles. The SMILES string of the molecule is CC(=O)c1ccc(CN(C)C)c(F)c1. The van der Waals surface area contributed by atoms with Crippen molar-refractivity contribution in [1.82, 2.24) is 4.90 Å². The summed E-state index contributed by atoms with van der Waals surface area (Å²) in [7, 11) is 3.75. The van der Waals surface area contributed by atoms with Crippen molar-refractivity contribution >= 4 is 5.78 Å². The highest BCUT2D eigenvalue weighted by Gasteiger charge is 2.06. The lowest BCUT2D eigenvalue weighted by atomic mass is 10.1. The van der Waals surface area contributed by atoms with Crippen molar-refractivity contribution in [3.8, 4) is 0 Å². The Hall–Kier alpha value is -1.22. The third-order valence-electron chi connectivity index (χ3n) is 1.95. The highest BCUT2D eigenvalue weighted by molar-refractivity contribution is 5.94. The number of nitrogens with zero attached hydrogens (tertiary/aromatic N) is 1. The monoisotopic (exact) mass is 195 g/mol. The molecule has 76 valence electrons. The topological polar surface area (TPSA) is 20.3 Å². The minimum Gasteiger partial charge on any atom is -0.305 e. The molecule has 0 unspecified atom stereocenters. The maximum Gasteiger partial charge on any atom is 0.159 e. The van der Waals surface area contributed by atoms with Gasteiger partial charge in [-0.3, -0.25) is 4.79 Å². The fourth-order valence-electron chi connectivity index (χ4n) is 1.24. The Balaban J connectivity index is 2.95. The molecule has 0 aromatic heterocycles. The van der Waals surface area contributed by atoms with Crippen LogP contribution in [0.15, 0.2) is 18.2 Å². The molecule has 0 radical (unpaired) electrons. The van der Waals surface area contributed by atoms with Gasteiger partial charge in [0.2, 0.25) is 0 Å². The summed E-state index contributed by atoms with van der Waals surface area (Å²) in [5.74, 6) is -0.424. The summed E-state index contributed by atoms with van der Waals surface area (Å²) in [6.45, 7) is 1.98. The molecule has 0 bridgehead atoms. The fraction of sp³-hybridized carbons (Fsp3) is 0.364. The lowest BCUT2D eigenvalue weighted by Gasteiger charge is -2.10. The Morgan fingerprint density at radius 1 is 1.43 bits per heavy atom. The van der Waals surface area contributed by atoms with E-state index in [9.17, 15) is 9.18 Å². The molecule has 2 nitrogen and oxygen atoms in total. The maximum atomic E-state index is 13.4. The van der Waals surface area contributed by atoms with Crippen LogP contribution in [0.4, 0.5) is 4.39 Å². The third-order valence-corrected chi connectivity index (χ3v) is 1.95. The van der Waals surface area contributed by atoms with Gasteiger partial charge in [0.15, 0.2) is 5.78 Å². The molecule has 0 N–H and O–H groups in total. The lowest BCUT2D eigenvalue weighted by molar-refractivity contribution is 0.101. The molecule has 0 atom stereocenters. The minimum absolute atomic E-state index is 0.111. The number of halogens is 1. The summed E-state index contributed by atoms with van der Waals surface area (Å²) >= 11 is 0. The molecule has 0 aliphatic rings. The van der Waals surface area contributed by atoms with E-state index in [-0.39, 0.29) is 11.6 Å². The van der Waals surface area contributed by atoms with Gasteiger partial charge >= 0.3 is 0 Å². The van der Waals surface area contributed by atoms with Crippen LogP contribution in [0.25, 0.3) is 0 Å². The van der Waals surface area contributed by atoms with Crippen molar-refractivity contribution in [2.45, 2.75) is 13.5 Å². The van der Waals surface area contributed by atoms with E-state index in [4.69, 9.17) is 0 Å². The van der Waals surface area contributed by atoms with Gasteiger partial charge in [-0.2, -0.15) is 0 Å². The molecular weight excluding hydrogens is 181 g/mol. The summed E-state index contributed by atoms with van der Waals surface area (Å²) in [5.41, 5.74) is 1.03. The second-order valence-corrected chi connectivity index (χ2v) is 3.60. The quantitative estimate of drug-likeness (QED) is 0.688. The summed E-state index contributed by atoms with van der Waals surface area (Å²) in [6.07, 6.45) is 0. The molecule has 0 saturated carbocycles. The molecule has 0 heterocycles.